The van der Waals surface area contributed by atoms with Gasteiger partial charge in [0.1, 0.15) is 0 Å². The fourth-order valence-corrected chi connectivity index (χ4v) is 1.98. The molecule has 6 N–H and O–H groups in total. The van der Waals surface area contributed by atoms with Gasteiger partial charge in [-0.15, -0.1) is 0 Å². The molecule has 1 rings (SSSR count). The maximum absolute atomic E-state index is 5.71. The van der Waals surface area contributed by atoms with Crippen LogP contribution in [0.15, 0.2) is 23.6 Å². The zero-order chi connectivity index (χ0) is 19.2. The largest absolute Gasteiger partial charge is 0.498 e. The lowest BCUT2D eigenvalue weighted by Gasteiger charge is -2.06. The Hall–Kier alpha value is -1.95. The van der Waals surface area contributed by atoms with Gasteiger partial charge in [-0.2, -0.15) is 5.10 Å². The Labute approximate surface area is 153 Å². The first kappa shape index (κ1) is 23.1. The van der Waals surface area contributed by atoms with Crippen molar-refractivity contribution in [2.75, 3.05) is 18.9 Å². The molecular formula is C19H37N5O. The van der Waals surface area contributed by atoms with E-state index in [4.69, 9.17) is 21.9 Å². The Morgan fingerprint density at radius 3 is 2.28 bits per heavy atom. The van der Waals surface area contributed by atoms with E-state index < -0.39 is 0 Å². The molecular weight excluding hydrogens is 314 g/mol. The molecule has 0 aliphatic rings. The van der Waals surface area contributed by atoms with E-state index in [1.54, 1.807) is 0 Å². The first-order chi connectivity index (χ1) is 11.9. The molecule has 25 heavy (non-hydrogen) atoms. The van der Waals surface area contributed by atoms with Gasteiger partial charge in [0.15, 0.2) is 0 Å². The number of nitrogens with two attached hydrogens (primary N) is 3. The second-order valence-electron chi connectivity index (χ2n) is 5.88. The fourth-order valence-electron chi connectivity index (χ4n) is 1.98. The number of nitrogens with zero attached hydrogens (tertiary/aromatic N) is 2. The van der Waals surface area contributed by atoms with Gasteiger partial charge in [0.2, 0.25) is 0 Å². The third kappa shape index (κ3) is 9.19. The lowest BCUT2D eigenvalue weighted by atomic mass is 10.3. The van der Waals surface area contributed by atoms with Crippen LogP contribution in [0.3, 0.4) is 0 Å². The number of anilines is 1. The Balaban J connectivity index is 0.000000472. The maximum Gasteiger partial charge on any atom is 0.0957 e. The third-order valence-corrected chi connectivity index (χ3v) is 3.80. The van der Waals surface area contributed by atoms with Crippen molar-refractivity contribution < 1.29 is 4.74 Å². The molecule has 0 saturated carbocycles. The van der Waals surface area contributed by atoms with Gasteiger partial charge >= 0.3 is 0 Å². The van der Waals surface area contributed by atoms with Crippen LogP contribution in [0.2, 0.25) is 0 Å². The van der Waals surface area contributed by atoms with Crippen molar-refractivity contribution in [2.45, 2.75) is 66.8 Å². The minimum Gasteiger partial charge on any atom is -0.498 e. The molecule has 0 saturated heterocycles. The number of nitrogen functional groups attached to an aromatic ring is 1. The van der Waals surface area contributed by atoms with Gasteiger partial charge in [0.25, 0.3) is 0 Å². The molecule has 0 fully saturated rings. The summed E-state index contributed by atoms with van der Waals surface area (Å²) < 4.78 is 7.43. The van der Waals surface area contributed by atoms with E-state index in [0.717, 1.165) is 60.9 Å². The minimum atomic E-state index is 0.599. The summed E-state index contributed by atoms with van der Waals surface area (Å²) in [5, 5.41) is 4.21. The fraction of sp³-hybridized carbons (Fsp3) is 0.632. The molecule has 0 aromatic carbocycles. The molecule has 0 radical (unpaired) electrons. The Bertz CT molecular complexity index is 546. The molecule has 0 atom stereocenters. The SMILES string of the molecule is CCCCO/C(=C/C=C(/N)CC)CC.Cc1nn(CCN)c(C)c1N. The summed E-state index contributed by atoms with van der Waals surface area (Å²) in [6.07, 6.45) is 8.02. The van der Waals surface area contributed by atoms with Crippen LogP contribution in [0.4, 0.5) is 5.69 Å². The van der Waals surface area contributed by atoms with Crippen LogP contribution >= 0.6 is 0 Å². The van der Waals surface area contributed by atoms with E-state index >= 15 is 0 Å². The van der Waals surface area contributed by atoms with Crippen LogP contribution in [0.5, 0.6) is 0 Å². The molecule has 0 aliphatic heterocycles. The van der Waals surface area contributed by atoms with Crippen molar-refractivity contribution in [3.05, 3.63) is 35.0 Å². The zero-order valence-electron chi connectivity index (χ0n) is 16.6. The van der Waals surface area contributed by atoms with Crippen LogP contribution < -0.4 is 17.2 Å². The lowest BCUT2D eigenvalue weighted by molar-refractivity contribution is 0.200. The molecule has 1 heterocycles. The smallest absolute Gasteiger partial charge is 0.0957 e. The highest BCUT2D eigenvalue weighted by Gasteiger charge is 2.05. The highest BCUT2D eigenvalue weighted by molar-refractivity contribution is 5.46. The monoisotopic (exact) mass is 351 g/mol. The number of rotatable bonds is 9. The van der Waals surface area contributed by atoms with E-state index in [0.29, 0.717) is 6.54 Å². The van der Waals surface area contributed by atoms with Gasteiger partial charge in [-0.1, -0.05) is 27.2 Å². The summed E-state index contributed by atoms with van der Waals surface area (Å²) in [4.78, 5) is 0. The quantitative estimate of drug-likeness (QED) is 0.359. The average molecular weight is 352 g/mol. The van der Waals surface area contributed by atoms with E-state index in [9.17, 15) is 0 Å². The summed E-state index contributed by atoms with van der Waals surface area (Å²) in [5.74, 6) is 1.02. The molecule has 0 unspecified atom stereocenters. The number of aromatic nitrogens is 2. The topological polar surface area (TPSA) is 105 Å². The number of hydrogen-bond donors (Lipinski definition) is 3. The van der Waals surface area contributed by atoms with Gasteiger partial charge in [-0.25, -0.2) is 0 Å². The van der Waals surface area contributed by atoms with Gasteiger partial charge in [-0.3, -0.25) is 4.68 Å². The summed E-state index contributed by atoms with van der Waals surface area (Å²) in [7, 11) is 0. The Morgan fingerprint density at radius 2 is 1.84 bits per heavy atom. The second-order valence-corrected chi connectivity index (χ2v) is 5.88. The number of ether oxygens (including phenoxy) is 1. The van der Waals surface area contributed by atoms with E-state index in [-0.39, 0.29) is 0 Å². The number of allylic oxidation sites excluding steroid dienone is 4. The zero-order valence-corrected chi connectivity index (χ0v) is 16.6. The molecule has 0 bridgehead atoms. The van der Waals surface area contributed by atoms with Crippen LogP contribution in [0, 0.1) is 13.8 Å². The standard InChI is InChI=1S/C12H23NO.C7H14N4/c1-4-7-10-14-12(6-3)9-8-11(13)5-2;1-5-7(9)6(2)11(10-5)4-3-8/h8-9H,4-7,10,13H2,1-3H3;3-4,8-9H2,1-2H3/b11-8+,12-9+;. The van der Waals surface area contributed by atoms with Gasteiger partial charge < -0.3 is 21.9 Å². The van der Waals surface area contributed by atoms with Crippen molar-refractivity contribution in [3.8, 4) is 0 Å². The Morgan fingerprint density at radius 1 is 1.16 bits per heavy atom. The molecule has 0 amide bonds. The average Bonchev–Trinajstić information content (AvgIpc) is 2.85. The summed E-state index contributed by atoms with van der Waals surface area (Å²) in [6, 6.07) is 0. The van der Waals surface area contributed by atoms with Gasteiger partial charge in [0.05, 0.1) is 36.0 Å². The number of aryl methyl sites for hydroxylation is 1. The van der Waals surface area contributed by atoms with Crippen molar-refractivity contribution in [1.29, 1.82) is 0 Å². The van der Waals surface area contributed by atoms with Crippen molar-refractivity contribution in [3.63, 3.8) is 0 Å². The van der Waals surface area contributed by atoms with Gasteiger partial charge in [0, 0.05) is 18.7 Å². The van der Waals surface area contributed by atoms with Crippen LogP contribution in [-0.4, -0.2) is 22.9 Å². The Kier molecular flexibility index (Phi) is 12.3. The van der Waals surface area contributed by atoms with E-state index in [1.807, 2.05) is 37.6 Å². The second kappa shape index (κ2) is 13.4. The van der Waals surface area contributed by atoms with Crippen molar-refractivity contribution >= 4 is 5.69 Å². The molecule has 0 aliphatic carbocycles. The summed E-state index contributed by atoms with van der Waals surface area (Å²) in [5.41, 5.74) is 20.4. The summed E-state index contributed by atoms with van der Waals surface area (Å²) >= 11 is 0. The minimum absolute atomic E-state index is 0.599. The van der Waals surface area contributed by atoms with Crippen LogP contribution in [-0.2, 0) is 11.3 Å². The summed E-state index contributed by atoms with van der Waals surface area (Å²) in [6.45, 7) is 12.3. The van der Waals surface area contributed by atoms with Crippen molar-refractivity contribution in [1.82, 2.24) is 9.78 Å². The first-order valence-corrected chi connectivity index (χ1v) is 9.18. The normalized spacial score (nSPS) is 11.9. The first-order valence-electron chi connectivity index (χ1n) is 9.18. The molecule has 0 spiro atoms. The lowest BCUT2D eigenvalue weighted by Crippen LogP contribution is -2.12. The number of hydrogen-bond acceptors (Lipinski definition) is 5. The van der Waals surface area contributed by atoms with E-state index in [1.165, 1.54) is 6.42 Å². The van der Waals surface area contributed by atoms with Gasteiger partial charge in [-0.05, 0) is 38.8 Å². The van der Waals surface area contributed by atoms with Crippen LogP contribution in [0.1, 0.15) is 57.8 Å². The molecule has 1 aromatic heterocycles. The molecule has 6 heteroatoms. The maximum atomic E-state index is 5.71. The molecule has 6 nitrogen and oxygen atoms in total. The predicted molar refractivity (Wildman–Crippen MR) is 107 cm³/mol. The van der Waals surface area contributed by atoms with E-state index in [2.05, 4.69) is 18.9 Å². The molecule has 1 aromatic rings. The third-order valence-electron chi connectivity index (χ3n) is 3.80. The van der Waals surface area contributed by atoms with Crippen LogP contribution in [0.25, 0.3) is 0 Å². The number of unbranched alkanes of at least 4 members (excludes halogenated alkanes) is 1. The predicted octanol–water partition coefficient (Wildman–Crippen LogP) is 3.39. The molecule has 144 valence electrons. The highest BCUT2D eigenvalue weighted by Crippen LogP contribution is 2.13. The highest BCUT2D eigenvalue weighted by atomic mass is 16.5. The van der Waals surface area contributed by atoms with Crippen molar-refractivity contribution in [2.24, 2.45) is 11.5 Å².